The van der Waals surface area contributed by atoms with Gasteiger partial charge >= 0.3 is 5.97 Å². The molecule has 2 rings (SSSR count). The molecule has 0 radical (unpaired) electrons. The van der Waals surface area contributed by atoms with Gasteiger partial charge < -0.3 is 14.4 Å². The lowest BCUT2D eigenvalue weighted by Crippen LogP contribution is -2.26. The Labute approximate surface area is 147 Å². The van der Waals surface area contributed by atoms with Gasteiger partial charge in [-0.3, -0.25) is 14.4 Å². The van der Waals surface area contributed by atoms with Crippen molar-refractivity contribution in [2.24, 2.45) is 0 Å². The smallest absolute Gasteiger partial charge is 0.302 e. The minimum absolute atomic E-state index is 0.0596. The van der Waals surface area contributed by atoms with Gasteiger partial charge in [0.15, 0.2) is 0 Å². The fraction of sp³-hybridized carbons (Fsp3) is 0.312. The molecular weight excluding hydrogens is 413 g/mol. The van der Waals surface area contributed by atoms with E-state index < -0.39 is 5.97 Å². The summed E-state index contributed by atoms with van der Waals surface area (Å²) in [7, 11) is 0. The van der Waals surface area contributed by atoms with Crippen molar-refractivity contribution in [3.8, 4) is 0 Å². The Kier molecular flexibility index (Phi) is 7.21. The van der Waals surface area contributed by atoms with Crippen molar-refractivity contribution in [2.45, 2.75) is 26.8 Å². The van der Waals surface area contributed by atoms with Crippen LogP contribution in [0, 0.1) is 3.57 Å². The van der Waals surface area contributed by atoms with Crippen LogP contribution >= 0.6 is 22.6 Å². The molecule has 0 bridgehead atoms. The summed E-state index contributed by atoms with van der Waals surface area (Å²) in [4.78, 5) is 32.2. The van der Waals surface area contributed by atoms with Crippen molar-refractivity contribution in [3.63, 3.8) is 0 Å². The number of pyridine rings is 1. The van der Waals surface area contributed by atoms with Crippen LogP contribution in [0.25, 0.3) is 10.8 Å². The highest BCUT2D eigenvalue weighted by atomic mass is 127. The van der Waals surface area contributed by atoms with Gasteiger partial charge in [-0.2, -0.15) is 0 Å². The number of halogens is 1. The van der Waals surface area contributed by atoms with Gasteiger partial charge in [-0.15, -0.1) is 0 Å². The number of rotatable bonds is 3. The Morgan fingerprint density at radius 3 is 2.43 bits per heavy atom. The van der Waals surface area contributed by atoms with E-state index in [4.69, 9.17) is 14.6 Å². The van der Waals surface area contributed by atoms with E-state index in [0.29, 0.717) is 5.39 Å². The fourth-order valence-corrected chi connectivity index (χ4v) is 2.60. The maximum absolute atomic E-state index is 12.4. The molecule has 0 aliphatic rings. The van der Waals surface area contributed by atoms with Crippen molar-refractivity contribution in [1.29, 1.82) is 0 Å². The van der Waals surface area contributed by atoms with Gasteiger partial charge in [-0.1, -0.05) is 6.07 Å². The number of fused-ring (bicyclic) bond motifs is 1. The molecule has 124 valence electrons. The van der Waals surface area contributed by atoms with Gasteiger partial charge in [0.2, 0.25) is 0 Å². The van der Waals surface area contributed by atoms with E-state index in [-0.39, 0.29) is 24.2 Å². The van der Waals surface area contributed by atoms with Crippen molar-refractivity contribution in [1.82, 2.24) is 4.57 Å². The normalized spacial score (nSPS) is 11.3. The molecule has 0 unspecified atom stereocenters. The minimum Gasteiger partial charge on any atom is -0.481 e. The van der Waals surface area contributed by atoms with Crippen LogP contribution in [0.1, 0.15) is 26.8 Å². The molecule has 1 atom stereocenters. The van der Waals surface area contributed by atoms with Gasteiger partial charge in [0.1, 0.15) is 6.61 Å². The average Bonchev–Trinajstić information content (AvgIpc) is 2.45. The van der Waals surface area contributed by atoms with Gasteiger partial charge in [0.05, 0.1) is 6.04 Å². The SMILES string of the molecule is CC(=O)O.CC(=O)OC[C@@H](C)n1ccc2c(I)cccc2c1=O. The molecule has 0 fully saturated rings. The fourth-order valence-electron chi connectivity index (χ4n) is 1.92. The lowest BCUT2D eigenvalue weighted by atomic mass is 10.1. The molecule has 0 saturated carbocycles. The Morgan fingerprint density at radius 1 is 1.26 bits per heavy atom. The Bertz CT molecular complexity index is 765. The molecule has 1 heterocycles. The van der Waals surface area contributed by atoms with Crippen LogP contribution in [0.4, 0.5) is 0 Å². The first-order chi connectivity index (χ1) is 10.7. The summed E-state index contributed by atoms with van der Waals surface area (Å²) < 4.78 is 7.60. The van der Waals surface area contributed by atoms with Crippen molar-refractivity contribution < 1.29 is 19.4 Å². The summed E-state index contributed by atoms with van der Waals surface area (Å²) in [6.07, 6.45) is 1.75. The van der Waals surface area contributed by atoms with Gasteiger partial charge in [0.25, 0.3) is 11.5 Å². The van der Waals surface area contributed by atoms with Gasteiger partial charge in [-0.25, -0.2) is 0 Å². The van der Waals surface area contributed by atoms with Gasteiger partial charge in [0, 0.05) is 34.4 Å². The molecule has 1 aromatic carbocycles. The lowest BCUT2D eigenvalue weighted by Gasteiger charge is -2.15. The topological polar surface area (TPSA) is 85.6 Å². The average molecular weight is 431 g/mol. The summed E-state index contributed by atoms with van der Waals surface area (Å²) >= 11 is 2.21. The number of carbonyl (C=O) groups is 2. The monoisotopic (exact) mass is 431 g/mol. The van der Waals surface area contributed by atoms with Crippen molar-refractivity contribution in [2.75, 3.05) is 6.61 Å². The highest BCUT2D eigenvalue weighted by molar-refractivity contribution is 14.1. The Morgan fingerprint density at radius 2 is 1.87 bits per heavy atom. The van der Waals surface area contributed by atoms with Crippen LogP contribution < -0.4 is 5.56 Å². The molecule has 1 N–H and O–H groups in total. The molecule has 6 nitrogen and oxygen atoms in total. The molecule has 0 saturated heterocycles. The van der Waals surface area contributed by atoms with E-state index in [9.17, 15) is 9.59 Å². The summed E-state index contributed by atoms with van der Waals surface area (Å²) in [5.74, 6) is -1.17. The third-order valence-corrected chi connectivity index (χ3v) is 3.86. The van der Waals surface area contributed by atoms with Crippen molar-refractivity contribution >= 4 is 45.3 Å². The Balaban J connectivity index is 0.000000593. The molecule has 7 heteroatoms. The number of benzene rings is 1. The summed E-state index contributed by atoms with van der Waals surface area (Å²) in [6, 6.07) is 7.39. The molecule has 0 aliphatic heterocycles. The van der Waals surface area contributed by atoms with E-state index in [0.717, 1.165) is 15.9 Å². The summed E-state index contributed by atoms with van der Waals surface area (Å²) in [5.41, 5.74) is -0.0596. The second-order valence-electron chi connectivity index (χ2n) is 4.90. The number of hydrogen-bond donors (Lipinski definition) is 1. The zero-order chi connectivity index (χ0) is 17.6. The molecule has 1 aromatic heterocycles. The molecule has 0 amide bonds. The second-order valence-corrected chi connectivity index (χ2v) is 6.06. The highest BCUT2D eigenvalue weighted by Crippen LogP contribution is 2.18. The van der Waals surface area contributed by atoms with Crippen LogP contribution in [0.3, 0.4) is 0 Å². The number of carbonyl (C=O) groups excluding carboxylic acids is 1. The van der Waals surface area contributed by atoms with Crippen LogP contribution in [0.5, 0.6) is 0 Å². The van der Waals surface area contributed by atoms with Crippen LogP contribution in [-0.4, -0.2) is 28.2 Å². The number of nitrogens with zero attached hydrogens (tertiary/aromatic N) is 1. The number of esters is 1. The third-order valence-electron chi connectivity index (χ3n) is 2.92. The number of ether oxygens (including phenoxy) is 1. The Hall–Kier alpha value is -1.90. The molecular formula is C16H18INO5. The number of hydrogen-bond acceptors (Lipinski definition) is 4. The maximum Gasteiger partial charge on any atom is 0.302 e. The number of aliphatic carboxylic acids is 1. The van der Waals surface area contributed by atoms with Crippen LogP contribution in [0.15, 0.2) is 35.3 Å². The highest BCUT2D eigenvalue weighted by Gasteiger charge is 2.11. The molecule has 23 heavy (non-hydrogen) atoms. The predicted molar refractivity (Wildman–Crippen MR) is 95.6 cm³/mol. The van der Waals surface area contributed by atoms with Crippen LogP contribution in [-0.2, 0) is 14.3 Å². The van der Waals surface area contributed by atoms with E-state index >= 15 is 0 Å². The lowest BCUT2D eigenvalue weighted by molar-refractivity contribution is -0.142. The first-order valence-corrected chi connectivity index (χ1v) is 7.94. The minimum atomic E-state index is -0.833. The molecule has 0 aliphatic carbocycles. The quantitative estimate of drug-likeness (QED) is 0.597. The third kappa shape index (κ3) is 5.66. The summed E-state index contributed by atoms with van der Waals surface area (Å²) in [5, 5.41) is 9.05. The first-order valence-electron chi connectivity index (χ1n) is 6.86. The number of carboxylic acid groups (broad SMARTS) is 1. The van der Waals surface area contributed by atoms with E-state index in [1.54, 1.807) is 10.8 Å². The van der Waals surface area contributed by atoms with E-state index in [2.05, 4.69) is 22.6 Å². The maximum atomic E-state index is 12.4. The van der Waals surface area contributed by atoms with Gasteiger partial charge in [-0.05, 0) is 47.7 Å². The van der Waals surface area contributed by atoms with E-state index in [1.807, 2.05) is 31.2 Å². The zero-order valence-electron chi connectivity index (χ0n) is 13.1. The molecule has 0 spiro atoms. The number of carboxylic acids is 1. The summed E-state index contributed by atoms with van der Waals surface area (Å²) in [6.45, 7) is 4.49. The largest absolute Gasteiger partial charge is 0.481 e. The standard InChI is InChI=1S/C14H14INO3.C2H4O2/c1-9(8-19-10(2)17)16-7-6-11-12(14(16)18)4-3-5-13(11)15;1-2(3)4/h3-7,9H,8H2,1-2H3;1H3,(H,3,4)/t9-;/m1./s1. The van der Waals surface area contributed by atoms with Crippen LogP contribution in [0.2, 0.25) is 0 Å². The van der Waals surface area contributed by atoms with E-state index in [1.165, 1.54) is 6.92 Å². The first kappa shape index (κ1) is 19.1. The predicted octanol–water partition coefficient (Wildman–Crippen LogP) is 2.82. The van der Waals surface area contributed by atoms with Crippen molar-refractivity contribution in [3.05, 3.63) is 44.4 Å². The molecule has 2 aromatic rings. The number of aromatic nitrogens is 1. The zero-order valence-corrected chi connectivity index (χ0v) is 15.2. The second kappa shape index (κ2) is 8.66.